The highest BCUT2D eigenvalue weighted by atomic mass is 19.1. The molecule has 0 atom stereocenters. The molecule has 0 unspecified atom stereocenters. The van der Waals surface area contributed by atoms with Gasteiger partial charge in [0.25, 0.3) is 0 Å². The summed E-state index contributed by atoms with van der Waals surface area (Å²) in [6.45, 7) is 0. The van der Waals surface area contributed by atoms with Gasteiger partial charge in [-0.3, -0.25) is 0 Å². The van der Waals surface area contributed by atoms with Gasteiger partial charge in [0.1, 0.15) is 11.8 Å². The van der Waals surface area contributed by atoms with Crippen LogP contribution in [-0.2, 0) is 9.59 Å². The summed E-state index contributed by atoms with van der Waals surface area (Å²) in [5.41, 5.74) is 0. The molecule has 0 aliphatic rings. The summed E-state index contributed by atoms with van der Waals surface area (Å²) in [6, 6.07) is 0. The van der Waals surface area contributed by atoms with E-state index in [4.69, 9.17) is 0 Å². The Balaban J connectivity index is 4.17. The Kier molecular flexibility index (Phi) is 2.37. The third kappa shape index (κ3) is 3.22. The third-order valence-corrected chi connectivity index (χ3v) is 0.440. The first-order valence-electron chi connectivity index (χ1n) is 1.83. The number of rotatable bonds is 2. The minimum absolute atomic E-state index is 0.199. The highest BCUT2D eigenvalue weighted by Gasteiger charge is 1.91. The molecule has 0 rings (SSSR count). The predicted octanol–water partition coefficient (Wildman–Crippen LogP) is -2.66. The van der Waals surface area contributed by atoms with E-state index in [1.807, 2.05) is 0 Å². The molecular weight excluding hydrogens is 131 g/mol. The molecule has 4 nitrogen and oxygen atoms in total. The van der Waals surface area contributed by atoms with Gasteiger partial charge in [-0.2, -0.15) is 0 Å². The van der Waals surface area contributed by atoms with Gasteiger partial charge >= 0.3 is 0 Å². The molecule has 0 spiro atoms. The number of halogens is 1. The molecule has 0 aliphatic heterocycles. The lowest BCUT2D eigenvalue weighted by molar-refractivity contribution is -0.304. The minimum Gasteiger partial charge on any atom is -0.545 e. The van der Waals surface area contributed by atoms with Crippen LogP contribution in [0.25, 0.3) is 0 Å². The second-order valence-corrected chi connectivity index (χ2v) is 1.10. The molecule has 5 heteroatoms. The van der Waals surface area contributed by atoms with E-state index in [1.165, 1.54) is 0 Å². The predicted molar refractivity (Wildman–Crippen MR) is 19.2 cm³/mol. The number of carbonyl (C=O) groups is 2. The van der Waals surface area contributed by atoms with Gasteiger partial charge in [-0.25, -0.2) is 4.39 Å². The topological polar surface area (TPSA) is 80.3 Å². The quantitative estimate of drug-likeness (QED) is 0.384. The molecule has 0 radical (unpaired) electrons. The zero-order valence-corrected chi connectivity index (χ0v) is 4.09. The average Bonchev–Trinajstić information content (AvgIpc) is 1.63. The number of carboxylic acid groups (broad SMARTS) is 2. The molecule has 50 valence electrons. The van der Waals surface area contributed by atoms with Crippen molar-refractivity contribution in [2.45, 2.75) is 0 Å². The van der Waals surface area contributed by atoms with Crippen LogP contribution in [-0.4, -0.2) is 11.9 Å². The molecule has 0 aromatic rings. The van der Waals surface area contributed by atoms with Crippen molar-refractivity contribution in [1.29, 1.82) is 0 Å². The lowest BCUT2D eigenvalue weighted by Gasteiger charge is -1.96. The Labute approximate surface area is 49.2 Å². The summed E-state index contributed by atoms with van der Waals surface area (Å²) >= 11 is 0. The Bertz CT molecular complexity index is 171. The van der Waals surface area contributed by atoms with Gasteiger partial charge in [0, 0.05) is 0 Å². The summed E-state index contributed by atoms with van der Waals surface area (Å²) in [5, 5.41) is 18.8. The van der Waals surface area contributed by atoms with Crippen molar-refractivity contribution < 1.29 is 24.2 Å². The number of aliphatic carboxylic acids is 2. The van der Waals surface area contributed by atoms with Crippen molar-refractivity contribution in [3.05, 3.63) is 11.9 Å². The monoisotopic (exact) mass is 132 g/mol. The number of hydrogen-bond donors (Lipinski definition) is 0. The zero-order chi connectivity index (χ0) is 7.44. The molecule has 0 fully saturated rings. The molecule has 0 bridgehead atoms. The molecule has 0 saturated carbocycles. The van der Waals surface area contributed by atoms with Crippen LogP contribution in [0, 0.1) is 0 Å². The van der Waals surface area contributed by atoms with Crippen LogP contribution in [0.2, 0.25) is 0 Å². The van der Waals surface area contributed by atoms with Crippen LogP contribution >= 0.6 is 0 Å². The van der Waals surface area contributed by atoms with E-state index in [0.29, 0.717) is 0 Å². The lowest BCUT2D eigenvalue weighted by Crippen LogP contribution is -2.26. The van der Waals surface area contributed by atoms with Gasteiger partial charge in [0.05, 0.1) is 5.97 Å². The smallest absolute Gasteiger partial charge is 0.147 e. The highest BCUT2D eigenvalue weighted by molar-refractivity contribution is 5.90. The Morgan fingerprint density at radius 3 is 1.89 bits per heavy atom. The first kappa shape index (κ1) is 7.61. The van der Waals surface area contributed by atoms with Gasteiger partial charge in [0.2, 0.25) is 0 Å². The highest BCUT2D eigenvalue weighted by Crippen LogP contribution is 1.90. The van der Waals surface area contributed by atoms with Gasteiger partial charge in [-0.15, -0.1) is 0 Å². The van der Waals surface area contributed by atoms with E-state index in [1.54, 1.807) is 0 Å². The van der Waals surface area contributed by atoms with Crippen LogP contribution in [0.3, 0.4) is 0 Å². The molecule has 0 aromatic heterocycles. The van der Waals surface area contributed by atoms with Crippen molar-refractivity contribution in [3.8, 4) is 0 Å². The summed E-state index contributed by atoms with van der Waals surface area (Å²) in [5.74, 6) is -5.93. The standard InChI is InChI=1S/C4H3FO4/c5-2(4(8)9)1-3(6)7/h1H,(H,6,7)(H,8,9)/p-2. The van der Waals surface area contributed by atoms with Crippen LogP contribution in [0.5, 0.6) is 0 Å². The van der Waals surface area contributed by atoms with Crippen LogP contribution in [0.15, 0.2) is 11.9 Å². The molecule has 0 amide bonds. The first-order chi connectivity index (χ1) is 4.04. The summed E-state index contributed by atoms with van der Waals surface area (Å²) in [6.07, 6.45) is -0.199. The maximum Gasteiger partial charge on any atom is 0.147 e. The average molecular weight is 132 g/mol. The summed E-state index contributed by atoms with van der Waals surface area (Å²) in [4.78, 5) is 18.8. The molecular formula is C4HFO4-2. The molecule has 0 aromatic carbocycles. The van der Waals surface area contributed by atoms with Gasteiger partial charge in [0.15, 0.2) is 0 Å². The fraction of sp³-hybridized carbons (Fsp3) is 0. The fourth-order valence-corrected chi connectivity index (χ4v) is 0.162. The minimum atomic E-state index is -2.17. The largest absolute Gasteiger partial charge is 0.545 e. The summed E-state index contributed by atoms with van der Waals surface area (Å²) < 4.78 is 11.6. The fourth-order valence-electron chi connectivity index (χ4n) is 0.162. The SMILES string of the molecule is O=C([O-])C=C(F)C(=O)[O-]. The zero-order valence-electron chi connectivity index (χ0n) is 4.09. The Hall–Kier alpha value is -1.39. The molecule has 0 aliphatic carbocycles. The van der Waals surface area contributed by atoms with E-state index in [9.17, 15) is 24.2 Å². The van der Waals surface area contributed by atoms with Crippen molar-refractivity contribution in [2.75, 3.05) is 0 Å². The lowest BCUT2D eigenvalue weighted by atomic mass is 10.5. The van der Waals surface area contributed by atoms with Crippen LogP contribution < -0.4 is 10.2 Å². The molecule has 9 heavy (non-hydrogen) atoms. The Morgan fingerprint density at radius 2 is 1.78 bits per heavy atom. The molecule has 0 heterocycles. The maximum absolute atomic E-state index is 11.6. The van der Waals surface area contributed by atoms with Gasteiger partial charge in [-0.05, 0) is 6.08 Å². The van der Waals surface area contributed by atoms with E-state index in [0.717, 1.165) is 0 Å². The molecule has 0 saturated heterocycles. The third-order valence-electron chi connectivity index (χ3n) is 0.440. The normalized spacial score (nSPS) is 11.0. The van der Waals surface area contributed by atoms with Gasteiger partial charge < -0.3 is 19.8 Å². The van der Waals surface area contributed by atoms with E-state index in [-0.39, 0.29) is 6.08 Å². The molecule has 0 N–H and O–H groups in total. The second-order valence-electron chi connectivity index (χ2n) is 1.10. The van der Waals surface area contributed by atoms with Crippen molar-refractivity contribution in [2.24, 2.45) is 0 Å². The van der Waals surface area contributed by atoms with Crippen molar-refractivity contribution in [1.82, 2.24) is 0 Å². The number of carbonyl (C=O) groups excluding carboxylic acids is 2. The van der Waals surface area contributed by atoms with Crippen LogP contribution in [0.1, 0.15) is 0 Å². The number of hydrogen-bond acceptors (Lipinski definition) is 4. The summed E-state index contributed by atoms with van der Waals surface area (Å²) in [7, 11) is 0. The van der Waals surface area contributed by atoms with Gasteiger partial charge in [-0.1, -0.05) is 0 Å². The van der Waals surface area contributed by atoms with E-state index in [2.05, 4.69) is 0 Å². The van der Waals surface area contributed by atoms with E-state index >= 15 is 0 Å². The van der Waals surface area contributed by atoms with Crippen molar-refractivity contribution >= 4 is 11.9 Å². The van der Waals surface area contributed by atoms with Crippen LogP contribution in [0.4, 0.5) is 4.39 Å². The maximum atomic E-state index is 11.6. The Morgan fingerprint density at radius 1 is 1.33 bits per heavy atom. The second kappa shape index (κ2) is 2.81. The number of carboxylic acids is 2. The van der Waals surface area contributed by atoms with E-state index < -0.39 is 17.8 Å². The van der Waals surface area contributed by atoms with Crippen molar-refractivity contribution in [3.63, 3.8) is 0 Å². The first-order valence-corrected chi connectivity index (χ1v) is 1.83.